The molecule has 1 N–H and O–H groups in total. The summed E-state index contributed by atoms with van der Waals surface area (Å²) in [4.78, 5) is 41.4. The Morgan fingerprint density at radius 3 is 2.48 bits per heavy atom. The Kier molecular flexibility index (Phi) is 4.13. The second kappa shape index (κ2) is 6.08. The van der Waals surface area contributed by atoms with Crippen LogP contribution in [0.5, 0.6) is 0 Å². The SMILES string of the molecule is CN1C(=O)N(CC(=O)C2CCCN2)C(=O)[C@@]1(C)[C@H]1C[C@H]2CC[C@@H]1CC2. The number of nitrogens with zero attached hydrogens (tertiary/aromatic N) is 2. The third kappa shape index (κ3) is 2.52. The van der Waals surface area contributed by atoms with Crippen LogP contribution >= 0.6 is 0 Å². The van der Waals surface area contributed by atoms with Gasteiger partial charge in [-0.2, -0.15) is 0 Å². The summed E-state index contributed by atoms with van der Waals surface area (Å²) in [6.07, 6.45) is 7.68. The molecule has 3 saturated carbocycles. The Morgan fingerprint density at radius 1 is 1.20 bits per heavy atom. The van der Waals surface area contributed by atoms with Crippen LogP contribution in [0.25, 0.3) is 0 Å². The molecule has 5 rings (SSSR count). The third-order valence-corrected chi connectivity index (χ3v) is 7.43. The number of nitrogens with one attached hydrogen (secondary N) is 1. The molecular weight excluding hydrogens is 318 g/mol. The molecule has 2 saturated heterocycles. The summed E-state index contributed by atoms with van der Waals surface area (Å²) < 4.78 is 0. The molecule has 2 aliphatic heterocycles. The summed E-state index contributed by atoms with van der Waals surface area (Å²) >= 11 is 0. The molecule has 5 aliphatic rings. The molecule has 138 valence electrons. The van der Waals surface area contributed by atoms with E-state index in [1.165, 1.54) is 30.6 Å². The summed E-state index contributed by atoms with van der Waals surface area (Å²) in [5, 5.41) is 3.16. The van der Waals surface area contributed by atoms with Gasteiger partial charge >= 0.3 is 6.03 Å². The van der Waals surface area contributed by atoms with Gasteiger partial charge in [0.05, 0.1) is 12.6 Å². The van der Waals surface area contributed by atoms with Crippen molar-refractivity contribution in [3.63, 3.8) is 0 Å². The van der Waals surface area contributed by atoms with Crippen molar-refractivity contribution in [1.82, 2.24) is 15.1 Å². The molecule has 0 aromatic rings. The molecule has 2 heterocycles. The zero-order valence-electron chi connectivity index (χ0n) is 15.3. The first-order valence-electron chi connectivity index (χ1n) is 9.78. The number of likely N-dealkylation sites (N-methyl/N-ethyl adjacent to an activating group) is 1. The summed E-state index contributed by atoms with van der Waals surface area (Å²) in [5.41, 5.74) is -0.787. The van der Waals surface area contributed by atoms with Gasteiger partial charge in [-0.3, -0.25) is 14.5 Å². The van der Waals surface area contributed by atoms with Crippen molar-refractivity contribution >= 4 is 17.7 Å². The highest BCUT2D eigenvalue weighted by atomic mass is 16.2. The van der Waals surface area contributed by atoms with Crippen molar-refractivity contribution < 1.29 is 14.4 Å². The largest absolute Gasteiger partial charge is 0.327 e. The van der Waals surface area contributed by atoms with Gasteiger partial charge in [0.25, 0.3) is 5.91 Å². The highest BCUT2D eigenvalue weighted by Crippen LogP contribution is 2.52. The van der Waals surface area contributed by atoms with Crippen molar-refractivity contribution in [2.24, 2.45) is 17.8 Å². The van der Waals surface area contributed by atoms with Gasteiger partial charge < -0.3 is 10.2 Å². The molecule has 3 amide bonds. The van der Waals surface area contributed by atoms with E-state index in [1.54, 1.807) is 11.9 Å². The topological polar surface area (TPSA) is 69.7 Å². The lowest BCUT2D eigenvalue weighted by atomic mass is 9.59. The molecule has 3 aliphatic carbocycles. The Morgan fingerprint density at radius 2 is 1.92 bits per heavy atom. The number of Topliss-reactive ketones (excluding diaryl/α,β-unsaturated/α-hetero) is 1. The molecule has 5 fully saturated rings. The van der Waals surface area contributed by atoms with Crippen LogP contribution in [-0.2, 0) is 9.59 Å². The van der Waals surface area contributed by atoms with Crippen molar-refractivity contribution in [3.8, 4) is 0 Å². The van der Waals surface area contributed by atoms with E-state index in [2.05, 4.69) is 5.32 Å². The van der Waals surface area contributed by atoms with Crippen molar-refractivity contribution in [3.05, 3.63) is 0 Å². The normalized spacial score (nSPS) is 41.0. The molecule has 0 aromatic heterocycles. The Balaban J connectivity index is 1.54. The third-order valence-electron chi connectivity index (χ3n) is 7.43. The van der Waals surface area contributed by atoms with Crippen LogP contribution in [0.1, 0.15) is 51.9 Å². The van der Waals surface area contributed by atoms with Gasteiger partial charge in [0.2, 0.25) is 0 Å². The average Bonchev–Trinajstić information content (AvgIpc) is 3.23. The van der Waals surface area contributed by atoms with Crippen molar-refractivity contribution in [2.45, 2.75) is 63.5 Å². The Hall–Kier alpha value is -1.43. The van der Waals surface area contributed by atoms with E-state index in [4.69, 9.17) is 0 Å². The number of amides is 3. The predicted octanol–water partition coefficient (Wildman–Crippen LogP) is 1.79. The molecule has 3 atom stereocenters. The summed E-state index contributed by atoms with van der Waals surface area (Å²) in [5.74, 6) is 1.25. The first kappa shape index (κ1) is 17.0. The maximum atomic E-state index is 13.3. The number of ketones is 1. The number of imide groups is 1. The molecule has 0 radical (unpaired) electrons. The average molecular weight is 347 g/mol. The number of carbonyl (C=O) groups excluding carboxylic acids is 3. The molecule has 2 bridgehead atoms. The molecule has 6 nitrogen and oxygen atoms in total. The van der Waals surface area contributed by atoms with E-state index in [9.17, 15) is 14.4 Å². The lowest BCUT2D eigenvalue weighted by Crippen LogP contribution is -2.56. The van der Waals surface area contributed by atoms with Crippen LogP contribution in [0, 0.1) is 17.8 Å². The molecule has 25 heavy (non-hydrogen) atoms. The molecule has 6 heteroatoms. The number of hydrogen-bond acceptors (Lipinski definition) is 4. The van der Waals surface area contributed by atoms with Crippen LogP contribution < -0.4 is 5.32 Å². The van der Waals surface area contributed by atoms with Crippen LogP contribution in [0.2, 0.25) is 0 Å². The minimum atomic E-state index is -0.787. The highest BCUT2D eigenvalue weighted by molar-refractivity contribution is 6.09. The van der Waals surface area contributed by atoms with E-state index in [0.29, 0.717) is 11.8 Å². The smallest absolute Gasteiger partial charge is 0.313 e. The fourth-order valence-electron chi connectivity index (χ4n) is 5.72. The minimum Gasteiger partial charge on any atom is -0.313 e. The Bertz CT molecular complexity index is 593. The number of rotatable bonds is 4. The van der Waals surface area contributed by atoms with Gasteiger partial charge in [0, 0.05) is 7.05 Å². The predicted molar refractivity (Wildman–Crippen MR) is 92.9 cm³/mol. The van der Waals surface area contributed by atoms with E-state index >= 15 is 0 Å². The van der Waals surface area contributed by atoms with Gasteiger partial charge in [-0.25, -0.2) is 4.79 Å². The molecule has 0 aromatic carbocycles. The van der Waals surface area contributed by atoms with Crippen LogP contribution in [-0.4, -0.2) is 59.2 Å². The zero-order chi connectivity index (χ0) is 17.8. The summed E-state index contributed by atoms with van der Waals surface area (Å²) in [6, 6.07) is -0.510. The lowest BCUT2D eigenvalue weighted by Gasteiger charge is -2.49. The van der Waals surface area contributed by atoms with Crippen molar-refractivity contribution in [2.75, 3.05) is 20.1 Å². The zero-order valence-corrected chi connectivity index (χ0v) is 15.3. The Labute approximate surface area is 149 Å². The number of carbonyl (C=O) groups is 3. The van der Waals surface area contributed by atoms with E-state index in [0.717, 1.165) is 25.8 Å². The monoisotopic (exact) mass is 347 g/mol. The van der Waals surface area contributed by atoms with Gasteiger partial charge in [-0.1, -0.05) is 12.8 Å². The van der Waals surface area contributed by atoms with Gasteiger partial charge in [-0.05, 0) is 63.3 Å². The quantitative estimate of drug-likeness (QED) is 0.787. The molecule has 0 spiro atoms. The highest BCUT2D eigenvalue weighted by Gasteiger charge is 2.60. The number of hydrogen-bond donors (Lipinski definition) is 1. The summed E-state index contributed by atoms with van der Waals surface area (Å²) in [6.45, 7) is 2.67. The fourth-order valence-corrected chi connectivity index (χ4v) is 5.72. The van der Waals surface area contributed by atoms with E-state index in [1.807, 2.05) is 6.92 Å². The van der Waals surface area contributed by atoms with E-state index < -0.39 is 5.54 Å². The summed E-state index contributed by atoms with van der Waals surface area (Å²) in [7, 11) is 1.74. The van der Waals surface area contributed by atoms with Gasteiger partial charge in [0.15, 0.2) is 5.78 Å². The standard InChI is InChI=1S/C19H29N3O3/c1-19(14-10-12-5-7-13(14)8-6-12)17(24)22(18(25)21(19)2)11-16(23)15-4-3-9-20-15/h12-15,20H,3-11H2,1-2H3/t12-,13+,14-,15?,19+/m0/s1. The fraction of sp³-hybridized carbons (Fsp3) is 0.842. The first-order valence-corrected chi connectivity index (χ1v) is 9.78. The maximum absolute atomic E-state index is 13.3. The van der Waals surface area contributed by atoms with Gasteiger partial charge in [-0.15, -0.1) is 0 Å². The second-order valence-corrected chi connectivity index (χ2v) is 8.62. The van der Waals surface area contributed by atoms with Crippen LogP contribution in [0.4, 0.5) is 4.79 Å². The van der Waals surface area contributed by atoms with Crippen molar-refractivity contribution in [1.29, 1.82) is 0 Å². The van der Waals surface area contributed by atoms with Crippen LogP contribution in [0.3, 0.4) is 0 Å². The lowest BCUT2D eigenvalue weighted by molar-refractivity contribution is -0.140. The molecule has 1 unspecified atom stereocenters. The second-order valence-electron chi connectivity index (χ2n) is 8.62. The minimum absolute atomic E-state index is 0.0398. The van der Waals surface area contributed by atoms with E-state index in [-0.39, 0.29) is 36.2 Å². The number of urea groups is 1. The molecular formula is C19H29N3O3. The van der Waals surface area contributed by atoms with Crippen LogP contribution in [0.15, 0.2) is 0 Å². The van der Waals surface area contributed by atoms with Gasteiger partial charge in [0.1, 0.15) is 5.54 Å². The number of fused-ring (bicyclic) bond motifs is 3. The first-order chi connectivity index (χ1) is 11.9. The maximum Gasteiger partial charge on any atom is 0.327 e.